The first-order chi connectivity index (χ1) is 9.43. The first kappa shape index (κ1) is 16.9. The number of urea groups is 1. The number of aliphatic hydroxyl groups is 1. The summed E-state index contributed by atoms with van der Waals surface area (Å²) < 4.78 is 0. The van der Waals surface area contributed by atoms with E-state index in [2.05, 4.69) is 23.8 Å². The number of thioether (sulfide) groups is 1. The number of anilines is 1. The van der Waals surface area contributed by atoms with Crippen molar-refractivity contribution in [2.24, 2.45) is 5.92 Å². The van der Waals surface area contributed by atoms with E-state index < -0.39 is 6.10 Å². The van der Waals surface area contributed by atoms with E-state index >= 15 is 0 Å². The Hall–Kier alpha value is -1.20. The SMILES string of the molecule is CS[C@@H](C)c1cccc(NC(=O)NC[C@@H](O)C(C)C)c1. The highest BCUT2D eigenvalue weighted by Crippen LogP contribution is 2.27. The summed E-state index contributed by atoms with van der Waals surface area (Å²) >= 11 is 1.76. The molecule has 1 rings (SSSR count). The first-order valence-electron chi connectivity index (χ1n) is 6.79. The molecule has 0 fully saturated rings. The molecule has 20 heavy (non-hydrogen) atoms. The van der Waals surface area contributed by atoms with E-state index in [0.29, 0.717) is 5.25 Å². The minimum absolute atomic E-state index is 0.126. The molecule has 0 radical (unpaired) electrons. The minimum Gasteiger partial charge on any atom is -0.391 e. The number of nitrogens with one attached hydrogen (secondary N) is 2. The fourth-order valence-corrected chi connectivity index (χ4v) is 2.03. The van der Waals surface area contributed by atoms with Gasteiger partial charge in [-0.3, -0.25) is 0 Å². The summed E-state index contributed by atoms with van der Waals surface area (Å²) in [6.07, 6.45) is 1.54. The molecule has 4 nitrogen and oxygen atoms in total. The molecule has 0 spiro atoms. The number of benzene rings is 1. The van der Waals surface area contributed by atoms with E-state index in [9.17, 15) is 9.90 Å². The third kappa shape index (κ3) is 5.43. The zero-order valence-electron chi connectivity index (χ0n) is 12.5. The van der Waals surface area contributed by atoms with Crippen LogP contribution in [0.25, 0.3) is 0 Å². The van der Waals surface area contributed by atoms with E-state index in [1.807, 2.05) is 38.1 Å². The molecule has 0 unspecified atom stereocenters. The van der Waals surface area contributed by atoms with Gasteiger partial charge in [-0.25, -0.2) is 4.79 Å². The zero-order chi connectivity index (χ0) is 15.1. The van der Waals surface area contributed by atoms with E-state index in [1.54, 1.807) is 11.8 Å². The Bertz CT molecular complexity index is 438. The Labute approximate surface area is 125 Å². The van der Waals surface area contributed by atoms with Crippen molar-refractivity contribution in [1.82, 2.24) is 5.32 Å². The molecule has 1 aromatic carbocycles. The summed E-state index contributed by atoms with van der Waals surface area (Å²) in [5.41, 5.74) is 1.94. The van der Waals surface area contributed by atoms with Gasteiger partial charge < -0.3 is 15.7 Å². The summed E-state index contributed by atoms with van der Waals surface area (Å²) in [5, 5.41) is 15.5. The van der Waals surface area contributed by atoms with Gasteiger partial charge in [0.25, 0.3) is 0 Å². The van der Waals surface area contributed by atoms with Crippen molar-refractivity contribution in [2.45, 2.75) is 32.1 Å². The Morgan fingerprint density at radius 3 is 2.65 bits per heavy atom. The van der Waals surface area contributed by atoms with Crippen LogP contribution in [0.4, 0.5) is 10.5 Å². The van der Waals surface area contributed by atoms with Crippen molar-refractivity contribution in [3.63, 3.8) is 0 Å². The predicted molar refractivity (Wildman–Crippen MR) is 86.2 cm³/mol. The van der Waals surface area contributed by atoms with Gasteiger partial charge in [-0.15, -0.1) is 0 Å². The molecule has 3 N–H and O–H groups in total. The van der Waals surface area contributed by atoms with Crippen LogP contribution in [-0.2, 0) is 0 Å². The summed E-state index contributed by atoms with van der Waals surface area (Å²) in [4.78, 5) is 11.8. The lowest BCUT2D eigenvalue weighted by Crippen LogP contribution is -2.37. The molecule has 0 aliphatic heterocycles. The third-order valence-corrected chi connectivity index (χ3v) is 4.19. The average molecular weight is 296 g/mol. The van der Waals surface area contributed by atoms with Crippen LogP contribution in [0.15, 0.2) is 24.3 Å². The highest BCUT2D eigenvalue weighted by molar-refractivity contribution is 7.98. The van der Waals surface area contributed by atoms with E-state index in [4.69, 9.17) is 0 Å². The predicted octanol–water partition coefficient (Wildman–Crippen LogP) is 3.25. The number of aliphatic hydroxyl groups excluding tert-OH is 1. The van der Waals surface area contributed by atoms with Gasteiger partial charge in [0.2, 0.25) is 0 Å². The quantitative estimate of drug-likeness (QED) is 0.755. The van der Waals surface area contributed by atoms with Crippen LogP contribution < -0.4 is 10.6 Å². The summed E-state index contributed by atoms with van der Waals surface area (Å²) in [5.74, 6) is 0.126. The number of hydrogen-bond acceptors (Lipinski definition) is 3. The van der Waals surface area contributed by atoms with Gasteiger partial charge in [-0.2, -0.15) is 11.8 Å². The first-order valence-corrected chi connectivity index (χ1v) is 8.08. The molecule has 0 aliphatic carbocycles. The van der Waals surface area contributed by atoms with Crippen LogP contribution >= 0.6 is 11.8 Å². The lowest BCUT2D eigenvalue weighted by Gasteiger charge is -2.16. The Kier molecular flexibility index (Phi) is 6.88. The molecule has 0 aromatic heterocycles. The van der Waals surface area contributed by atoms with Crippen molar-refractivity contribution in [3.05, 3.63) is 29.8 Å². The van der Waals surface area contributed by atoms with Gasteiger partial charge in [0.05, 0.1) is 6.10 Å². The second-order valence-corrected chi connectivity index (χ2v) is 6.33. The summed E-state index contributed by atoms with van der Waals surface area (Å²) in [6.45, 7) is 6.21. The highest BCUT2D eigenvalue weighted by atomic mass is 32.2. The third-order valence-electron chi connectivity index (χ3n) is 3.21. The monoisotopic (exact) mass is 296 g/mol. The van der Waals surface area contributed by atoms with Crippen LogP contribution in [0.5, 0.6) is 0 Å². The molecular weight excluding hydrogens is 272 g/mol. The maximum atomic E-state index is 11.8. The molecule has 0 heterocycles. The van der Waals surface area contributed by atoms with Crippen molar-refractivity contribution < 1.29 is 9.90 Å². The normalized spacial score (nSPS) is 13.9. The molecule has 0 aliphatic rings. The van der Waals surface area contributed by atoms with Crippen LogP contribution in [0.3, 0.4) is 0 Å². The molecule has 2 atom stereocenters. The number of rotatable bonds is 6. The molecule has 2 amide bonds. The van der Waals surface area contributed by atoms with Gasteiger partial charge >= 0.3 is 6.03 Å². The molecule has 1 aromatic rings. The summed E-state index contributed by atoms with van der Waals surface area (Å²) in [7, 11) is 0. The number of carbonyl (C=O) groups is 1. The van der Waals surface area contributed by atoms with Gasteiger partial charge in [0, 0.05) is 17.5 Å². The maximum absolute atomic E-state index is 11.8. The van der Waals surface area contributed by atoms with Crippen LogP contribution in [0.1, 0.15) is 31.6 Å². The van der Waals surface area contributed by atoms with Crippen molar-refractivity contribution in [2.75, 3.05) is 18.1 Å². The number of amides is 2. The van der Waals surface area contributed by atoms with Gasteiger partial charge in [0.1, 0.15) is 0 Å². The molecule has 0 saturated heterocycles. The second-order valence-electron chi connectivity index (χ2n) is 5.15. The van der Waals surface area contributed by atoms with Gasteiger partial charge in [-0.05, 0) is 36.8 Å². The Morgan fingerprint density at radius 1 is 1.35 bits per heavy atom. The standard InChI is InChI=1S/C15H24N2O2S/c1-10(2)14(18)9-16-15(19)17-13-7-5-6-12(8-13)11(3)20-4/h5-8,10-11,14,18H,9H2,1-4H3,(H2,16,17,19)/t11-,14+/m0/s1. The summed E-state index contributed by atoms with van der Waals surface area (Å²) in [6, 6.07) is 7.51. The Morgan fingerprint density at radius 2 is 2.05 bits per heavy atom. The molecular formula is C15H24N2O2S. The number of carbonyl (C=O) groups excluding carboxylic acids is 1. The molecule has 0 saturated carbocycles. The topological polar surface area (TPSA) is 61.4 Å². The van der Waals surface area contributed by atoms with Gasteiger partial charge in [0.15, 0.2) is 0 Å². The Balaban J connectivity index is 2.54. The largest absolute Gasteiger partial charge is 0.391 e. The number of hydrogen-bond donors (Lipinski definition) is 3. The lowest BCUT2D eigenvalue weighted by atomic mass is 10.1. The smallest absolute Gasteiger partial charge is 0.319 e. The zero-order valence-corrected chi connectivity index (χ0v) is 13.3. The van der Waals surface area contributed by atoms with Crippen LogP contribution in [0, 0.1) is 5.92 Å². The van der Waals surface area contributed by atoms with E-state index in [-0.39, 0.29) is 18.5 Å². The van der Waals surface area contributed by atoms with Crippen molar-refractivity contribution in [3.8, 4) is 0 Å². The van der Waals surface area contributed by atoms with Gasteiger partial charge in [-0.1, -0.05) is 26.0 Å². The van der Waals surface area contributed by atoms with Crippen LogP contribution in [-0.4, -0.2) is 30.0 Å². The van der Waals surface area contributed by atoms with E-state index in [1.165, 1.54) is 5.56 Å². The fourth-order valence-electron chi connectivity index (χ4n) is 1.61. The lowest BCUT2D eigenvalue weighted by molar-refractivity contribution is 0.126. The van der Waals surface area contributed by atoms with Crippen molar-refractivity contribution in [1.29, 1.82) is 0 Å². The molecule has 0 bridgehead atoms. The average Bonchev–Trinajstić information content (AvgIpc) is 2.43. The second kappa shape index (κ2) is 8.17. The van der Waals surface area contributed by atoms with Crippen LogP contribution in [0.2, 0.25) is 0 Å². The fraction of sp³-hybridized carbons (Fsp3) is 0.533. The van der Waals surface area contributed by atoms with E-state index in [0.717, 1.165) is 5.69 Å². The highest BCUT2D eigenvalue weighted by Gasteiger charge is 2.11. The molecule has 112 valence electrons. The maximum Gasteiger partial charge on any atom is 0.319 e. The minimum atomic E-state index is -0.524. The van der Waals surface area contributed by atoms with Crippen molar-refractivity contribution >= 4 is 23.5 Å². The molecule has 5 heteroatoms.